The molecule has 3 heteroatoms. The highest BCUT2D eigenvalue weighted by molar-refractivity contribution is 6.02. The van der Waals surface area contributed by atoms with Crippen LogP contribution in [0.15, 0.2) is 48.5 Å². The molecule has 23 heavy (non-hydrogen) atoms. The van der Waals surface area contributed by atoms with Gasteiger partial charge >= 0.3 is 0 Å². The summed E-state index contributed by atoms with van der Waals surface area (Å²) in [6, 6.07) is 14.2. The van der Waals surface area contributed by atoms with Crippen molar-refractivity contribution in [3.05, 3.63) is 65.2 Å². The van der Waals surface area contributed by atoms with Crippen LogP contribution in [0.1, 0.15) is 23.6 Å². The largest absolute Gasteiger partial charge is 0.378 e. The maximum atomic E-state index is 12.2. The third-order valence-electron chi connectivity index (χ3n) is 3.82. The zero-order valence-corrected chi connectivity index (χ0v) is 14.3. The van der Waals surface area contributed by atoms with Gasteiger partial charge in [-0.05, 0) is 48.2 Å². The highest BCUT2D eigenvalue weighted by atomic mass is 16.1. The molecule has 0 heterocycles. The molecular formula is C20H24N2O. The predicted molar refractivity (Wildman–Crippen MR) is 99.0 cm³/mol. The molecule has 0 aliphatic rings. The van der Waals surface area contributed by atoms with Crippen molar-refractivity contribution < 1.29 is 4.79 Å². The van der Waals surface area contributed by atoms with Gasteiger partial charge in [-0.15, -0.1) is 0 Å². The van der Waals surface area contributed by atoms with Gasteiger partial charge in [0.2, 0.25) is 5.91 Å². The van der Waals surface area contributed by atoms with Gasteiger partial charge in [0.05, 0.1) is 0 Å². The molecule has 0 aliphatic heterocycles. The third-order valence-corrected chi connectivity index (χ3v) is 3.82. The highest BCUT2D eigenvalue weighted by Crippen LogP contribution is 2.21. The molecule has 0 aliphatic carbocycles. The molecular weight excluding hydrogens is 284 g/mol. The van der Waals surface area contributed by atoms with Gasteiger partial charge in [0.15, 0.2) is 0 Å². The molecule has 1 amide bonds. The molecule has 2 aromatic rings. The Bertz CT molecular complexity index is 700. The molecule has 0 radical (unpaired) electrons. The van der Waals surface area contributed by atoms with Crippen LogP contribution in [0.5, 0.6) is 0 Å². The Labute approximate surface area is 138 Å². The van der Waals surface area contributed by atoms with E-state index in [0.717, 1.165) is 34.5 Å². The van der Waals surface area contributed by atoms with E-state index in [-0.39, 0.29) is 5.91 Å². The van der Waals surface area contributed by atoms with E-state index in [0.29, 0.717) is 0 Å². The summed E-state index contributed by atoms with van der Waals surface area (Å²) in [5, 5.41) is 3.00. The first kappa shape index (κ1) is 16.8. The normalized spacial score (nSPS) is 10.8. The van der Waals surface area contributed by atoms with Gasteiger partial charge in [-0.1, -0.05) is 37.3 Å². The number of hydrogen-bond donors (Lipinski definition) is 1. The lowest BCUT2D eigenvalue weighted by Gasteiger charge is -2.12. The minimum absolute atomic E-state index is 0.106. The standard InChI is InChI=1S/C20H24N2O/c1-5-17-8-6-7-15(2)20(17)21-19(23)14-11-16-9-12-18(13-10-16)22(3)4/h6-14H,5H2,1-4H3,(H,21,23)/b14-11+. The summed E-state index contributed by atoms with van der Waals surface area (Å²) < 4.78 is 0. The van der Waals surface area contributed by atoms with Gasteiger partial charge in [-0.2, -0.15) is 0 Å². The highest BCUT2D eigenvalue weighted by Gasteiger charge is 2.06. The summed E-state index contributed by atoms with van der Waals surface area (Å²) in [5.74, 6) is -0.106. The lowest BCUT2D eigenvalue weighted by atomic mass is 10.1. The van der Waals surface area contributed by atoms with Crippen LogP contribution < -0.4 is 10.2 Å². The Hall–Kier alpha value is -2.55. The fourth-order valence-electron chi connectivity index (χ4n) is 2.42. The Balaban J connectivity index is 2.07. The predicted octanol–water partition coefficient (Wildman–Crippen LogP) is 4.28. The van der Waals surface area contributed by atoms with E-state index in [9.17, 15) is 4.79 Å². The lowest BCUT2D eigenvalue weighted by Crippen LogP contribution is -2.11. The molecule has 0 aromatic heterocycles. The maximum absolute atomic E-state index is 12.2. The van der Waals surface area contributed by atoms with Crippen LogP contribution in [0.2, 0.25) is 0 Å². The van der Waals surface area contributed by atoms with E-state index < -0.39 is 0 Å². The second-order valence-electron chi connectivity index (χ2n) is 5.77. The van der Waals surface area contributed by atoms with Crippen molar-refractivity contribution in [2.24, 2.45) is 0 Å². The third kappa shape index (κ3) is 4.46. The number of nitrogens with one attached hydrogen (secondary N) is 1. The number of rotatable bonds is 5. The number of benzene rings is 2. The molecule has 2 aromatic carbocycles. The Morgan fingerprint density at radius 1 is 1.13 bits per heavy atom. The van der Waals surface area contributed by atoms with E-state index in [1.165, 1.54) is 0 Å². The van der Waals surface area contributed by atoms with Gasteiger partial charge in [-0.25, -0.2) is 0 Å². The van der Waals surface area contributed by atoms with Crippen molar-refractivity contribution in [1.82, 2.24) is 0 Å². The van der Waals surface area contributed by atoms with Gasteiger partial charge in [0.1, 0.15) is 0 Å². The number of amides is 1. The summed E-state index contributed by atoms with van der Waals surface area (Å²) in [6.07, 6.45) is 4.31. The molecule has 120 valence electrons. The topological polar surface area (TPSA) is 32.3 Å². The number of aryl methyl sites for hydroxylation is 2. The molecule has 0 atom stereocenters. The molecule has 0 bridgehead atoms. The average molecular weight is 308 g/mol. The van der Waals surface area contributed by atoms with Crippen molar-refractivity contribution in [3.63, 3.8) is 0 Å². The molecule has 0 saturated heterocycles. The molecule has 2 rings (SSSR count). The van der Waals surface area contributed by atoms with Gasteiger partial charge < -0.3 is 10.2 Å². The summed E-state index contributed by atoms with van der Waals surface area (Å²) in [5.41, 5.74) is 5.31. The second-order valence-corrected chi connectivity index (χ2v) is 5.77. The van der Waals surface area contributed by atoms with Gasteiger partial charge in [-0.3, -0.25) is 4.79 Å². The fraction of sp³-hybridized carbons (Fsp3) is 0.250. The van der Waals surface area contributed by atoms with E-state index in [1.54, 1.807) is 6.08 Å². The molecule has 0 unspecified atom stereocenters. The molecule has 3 nitrogen and oxygen atoms in total. The number of anilines is 2. The average Bonchev–Trinajstić information content (AvgIpc) is 2.55. The number of carbonyl (C=O) groups is 1. The molecule has 0 fully saturated rings. The van der Waals surface area contributed by atoms with Crippen LogP contribution in [0.3, 0.4) is 0 Å². The number of hydrogen-bond acceptors (Lipinski definition) is 2. The smallest absolute Gasteiger partial charge is 0.248 e. The maximum Gasteiger partial charge on any atom is 0.248 e. The summed E-state index contributed by atoms with van der Waals surface area (Å²) >= 11 is 0. The zero-order valence-electron chi connectivity index (χ0n) is 14.3. The minimum atomic E-state index is -0.106. The van der Waals surface area contributed by atoms with Crippen LogP contribution in [-0.2, 0) is 11.2 Å². The number of nitrogens with zero attached hydrogens (tertiary/aromatic N) is 1. The van der Waals surface area contributed by atoms with Crippen molar-refractivity contribution in [2.75, 3.05) is 24.3 Å². The van der Waals surface area contributed by atoms with Gasteiger partial charge in [0.25, 0.3) is 0 Å². The Morgan fingerprint density at radius 3 is 2.43 bits per heavy atom. The fourth-order valence-corrected chi connectivity index (χ4v) is 2.42. The summed E-state index contributed by atoms with van der Waals surface area (Å²) in [6.45, 7) is 4.10. The van der Waals surface area contributed by atoms with Crippen LogP contribution in [0.25, 0.3) is 6.08 Å². The van der Waals surface area contributed by atoms with Crippen molar-refractivity contribution in [1.29, 1.82) is 0 Å². The Morgan fingerprint density at radius 2 is 1.83 bits per heavy atom. The summed E-state index contributed by atoms with van der Waals surface area (Å²) in [4.78, 5) is 14.2. The van der Waals surface area contributed by atoms with E-state index in [1.807, 2.05) is 74.5 Å². The first-order valence-corrected chi connectivity index (χ1v) is 7.86. The quantitative estimate of drug-likeness (QED) is 0.836. The van der Waals surface area contributed by atoms with Crippen molar-refractivity contribution in [3.8, 4) is 0 Å². The van der Waals surface area contributed by atoms with E-state index in [2.05, 4.69) is 12.2 Å². The summed E-state index contributed by atoms with van der Waals surface area (Å²) in [7, 11) is 4.01. The lowest BCUT2D eigenvalue weighted by molar-refractivity contribution is -0.111. The minimum Gasteiger partial charge on any atom is -0.378 e. The molecule has 0 spiro atoms. The Kier molecular flexibility index (Phi) is 5.58. The van der Waals surface area contributed by atoms with Gasteiger partial charge in [0, 0.05) is 31.5 Å². The number of carbonyl (C=O) groups excluding carboxylic acids is 1. The van der Waals surface area contributed by atoms with Crippen LogP contribution in [0.4, 0.5) is 11.4 Å². The van der Waals surface area contributed by atoms with Crippen LogP contribution >= 0.6 is 0 Å². The number of para-hydroxylation sites is 1. The first-order chi connectivity index (χ1) is 11.0. The van der Waals surface area contributed by atoms with Crippen molar-refractivity contribution in [2.45, 2.75) is 20.3 Å². The van der Waals surface area contributed by atoms with E-state index >= 15 is 0 Å². The van der Waals surface area contributed by atoms with Crippen LogP contribution in [-0.4, -0.2) is 20.0 Å². The van der Waals surface area contributed by atoms with Crippen molar-refractivity contribution >= 4 is 23.4 Å². The molecule has 1 N–H and O–H groups in total. The first-order valence-electron chi connectivity index (χ1n) is 7.86. The zero-order chi connectivity index (χ0) is 16.8. The van der Waals surface area contributed by atoms with E-state index in [4.69, 9.17) is 0 Å². The molecule has 0 saturated carbocycles. The monoisotopic (exact) mass is 308 g/mol. The SMILES string of the molecule is CCc1cccc(C)c1NC(=O)/C=C/c1ccc(N(C)C)cc1. The van der Waals surface area contributed by atoms with Crippen LogP contribution in [0, 0.1) is 6.92 Å². The second kappa shape index (κ2) is 7.63.